The van der Waals surface area contributed by atoms with E-state index in [0.717, 1.165) is 58.2 Å². The van der Waals surface area contributed by atoms with Crippen LogP contribution in [0.3, 0.4) is 0 Å². The molecule has 2 heterocycles. The van der Waals surface area contributed by atoms with Crippen molar-refractivity contribution in [2.24, 2.45) is 11.7 Å². The van der Waals surface area contributed by atoms with E-state index in [9.17, 15) is 9.59 Å². The van der Waals surface area contributed by atoms with Gasteiger partial charge in [0.25, 0.3) is 0 Å². The van der Waals surface area contributed by atoms with Gasteiger partial charge < -0.3 is 15.5 Å². The van der Waals surface area contributed by atoms with Gasteiger partial charge in [0.2, 0.25) is 11.8 Å². The lowest BCUT2D eigenvalue weighted by Crippen LogP contribution is -2.55. The Balaban J connectivity index is 0.00000264. The van der Waals surface area contributed by atoms with Crippen LogP contribution in [-0.2, 0) is 9.59 Å². The Morgan fingerprint density at radius 3 is 2.57 bits per heavy atom. The monoisotopic (exact) mass is 345 g/mol. The minimum atomic E-state index is -0.236. The number of rotatable bonds is 4. The smallest absolute Gasteiger partial charge is 0.245 e. The Bertz CT molecular complexity index is 403. The van der Waals surface area contributed by atoms with Crippen molar-refractivity contribution in [3.8, 4) is 0 Å². The van der Waals surface area contributed by atoms with Gasteiger partial charge in [-0.3, -0.25) is 9.59 Å². The third-order valence-corrected chi connectivity index (χ3v) is 5.09. The molecule has 5 nitrogen and oxygen atoms in total. The standard InChI is InChI=1S/C17H31N3O2.ClH/c1-3-7-16(21)20-11-5-4-9-15(20)17(22)19-10-6-8-14(12-19)13(2)18;/h13-15H,3-12,18H2,1-2H3;1H. The maximum absolute atomic E-state index is 12.9. The fourth-order valence-electron chi connectivity index (χ4n) is 3.69. The maximum atomic E-state index is 12.9. The lowest BCUT2D eigenvalue weighted by molar-refractivity contribution is -0.149. The summed E-state index contributed by atoms with van der Waals surface area (Å²) in [6.45, 7) is 6.34. The van der Waals surface area contributed by atoms with Crippen molar-refractivity contribution in [2.45, 2.75) is 70.9 Å². The number of nitrogens with zero attached hydrogens (tertiary/aromatic N) is 2. The number of nitrogens with two attached hydrogens (primary N) is 1. The van der Waals surface area contributed by atoms with Crippen molar-refractivity contribution in [3.63, 3.8) is 0 Å². The third kappa shape index (κ3) is 5.08. The first-order valence-corrected chi connectivity index (χ1v) is 8.88. The van der Waals surface area contributed by atoms with Crippen molar-refractivity contribution in [3.05, 3.63) is 0 Å². The Morgan fingerprint density at radius 1 is 1.17 bits per heavy atom. The number of hydrogen-bond donors (Lipinski definition) is 1. The van der Waals surface area contributed by atoms with Crippen molar-refractivity contribution in [2.75, 3.05) is 19.6 Å². The molecule has 0 radical (unpaired) electrons. The topological polar surface area (TPSA) is 66.6 Å². The molecule has 0 aromatic rings. The Kier molecular flexibility index (Phi) is 8.34. The van der Waals surface area contributed by atoms with Gasteiger partial charge in [0.05, 0.1) is 0 Å². The molecule has 6 heteroatoms. The molecule has 3 unspecified atom stereocenters. The first-order valence-electron chi connectivity index (χ1n) is 8.88. The normalized spacial score (nSPS) is 26.4. The fraction of sp³-hybridized carbons (Fsp3) is 0.882. The summed E-state index contributed by atoms with van der Waals surface area (Å²) in [7, 11) is 0. The van der Waals surface area contributed by atoms with Crippen molar-refractivity contribution >= 4 is 24.2 Å². The molecule has 2 saturated heterocycles. The molecule has 2 fully saturated rings. The predicted octanol–water partition coefficient (Wildman–Crippen LogP) is 2.18. The zero-order valence-corrected chi connectivity index (χ0v) is 15.3. The van der Waals surface area contributed by atoms with E-state index in [2.05, 4.69) is 0 Å². The molecule has 2 aliphatic heterocycles. The van der Waals surface area contributed by atoms with Gasteiger partial charge in [-0.1, -0.05) is 6.92 Å². The molecule has 0 aliphatic carbocycles. The van der Waals surface area contributed by atoms with Crippen molar-refractivity contribution in [1.29, 1.82) is 0 Å². The van der Waals surface area contributed by atoms with E-state index >= 15 is 0 Å². The second-order valence-corrected chi connectivity index (χ2v) is 6.89. The van der Waals surface area contributed by atoms with Gasteiger partial charge in [-0.15, -0.1) is 12.4 Å². The van der Waals surface area contributed by atoms with Gasteiger partial charge in [0, 0.05) is 32.1 Å². The van der Waals surface area contributed by atoms with Gasteiger partial charge in [0.15, 0.2) is 0 Å². The van der Waals surface area contributed by atoms with Gasteiger partial charge >= 0.3 is 0 Å². The molecule has 23 heavy (non-hydrogen) atoms. The number of likely N-dealkylation sites (tertiary alicyclic amines) is 2. The van der Waals surface area contributed by atoms with E-state index in [-0.39, 0.29) is 36.3 Å². The van der Waals surface area contributed by atoms with Gasteiger partial charge in [-0.05, 0) is 51.4 Å². The largest absolute Gasteiger partial charge is 0.341 e. The minimum Gasteiger partial charge on any atom is -0.341 e. The molecule has 2 aliphatic rings. The number of carbonyl (C=O) groups excluding carboxylic acids is 2. The SMILES string of the molecule is CCCC(=O)N1CCCCC1C(=O)N1CCCC(C(C)N)C1.Cl. The molecule has 0 saturated carbocycles. The predicted molar refractivity (Wildman–Crippen MR) is 94.5 cm³/mol. The number of hydrogen-bond acceptors (Lipinski definition) is 3. The quantitative estimate of drug-likeness (QED) is 0.849. The number of amides is 2. The minimum absolute atomic E-state index is 0. The van der Waals surface area contributed by atoms with Crippen molar-refractivity contribution in [1.82, 2.24) is 9.80 Å². The molecule has 0 aromatic heterocycles. The molecule has 134 valence electrons. The second kappa shape index (κ2) is 9.48. The molecule has 2 rings (SSSR count). The summed E-state index contributed by atoms with van der Waals surface area (Å²) < 4.78 is 0. The van der Waals surface area contributed by atoms with Crippen LogP contribution in [0.1, 0.15) is 58.8 Å². The summed E-state index contributed by atoms with van der Waals surface area (Å²) in [6, 6.07) is -0.112. The fourth-order valence-corrected chi connectivity index (χ4v) is 3.69. The summed E-state index contributed by atoms with van der Waals surface area (Å²) in [5.41, 5.74) is 6.02. The van der Waals surface area contributed by atoms with Crippen LogP contribution in [0.4, 0.5) is 0 Å². The van der Waals surface area contributed by atoms with Gasteiger partial charge in [0.1, 0.15) is 6.04 Å². The summed E-state index contributed by atoms with van der Waals surface area (Å²) in [5.74, 6) is 0.678. The molecule has 3 atom stereocenters. The second-order valence-electron chi connectivity index (χ2n) is 6.89. The number of piperidine rings is 2. The summed E-state index contributed by atoms with van der Waals surface area (Å²) in [6.07, 6.45) is 6.38. The van der Waals surface area contributed by atoms with Crippen LogP contribution in [0.25, 0.3) is 0 Å². The third-order valence-electron chi connectivity index (χ3n) is 5.09. The summed E-state index contributed by atoms with van der Waals surface area (Å²) in [4.78, 5) is 29.0. The van der Waals surface area contributed by atoms with Crippen LogP contribution >= 0.6 is 12.4 Å². The van der Waals surface area contributed by atoms with E-state index in [1.54, 1.807) is 0 Å². The Hall–Kier alpha value is -0.810. The highest BCUT2D eigenvalue weighted by atomic mass is 35.5. The summed E-state index contributed by atoms with van der Waals surface area (Å²) in [5, 5.41) is 0. The number of halogens is 1. The lowest BCUT2D eigenvalue weighted by Gasteiger charge is -2.41. The van der Waals surface area contributed by atoms with E-state index in [4.69, 9.17) is 5.73 Å². The van der Waals surface area contributed by atoms with E-state index in [1.807, 2.05) is 23.6 Å². The van der Waals surface area contributed by atoms with Crippen LogP contribution in [0, 0.1) is 5.92 Å². The molecular formula is C17H32ClN3O2. The lowest BCUT2D eigenvalue weighted by atomic mass is 9.91. The first kappa shape index (κ1) is 20.2. The highest BCUT2D eigenvalue weighted by Crippen LogP contribution is 2.24. The van der Waals surface area contributed by atoms with Gasteiger partial charge in [-0.2, -0.15) is 0 Å². The highest BCUT2D eigenvalue weighted by molar-refractivity contribution is 5.88. The van der Waals surface area contributed by atoms with Gasteiger partial charge in [-0.25, -0.2) is 0 Å². The zero-order valence-electron chi connectivity index (χ0n) is 14.5. The number of carbonyl (C=O) groups is 2. The molecular weight excluding hydrogens is 314 g/mol. The molecule has 0 bridgehead atoms. The molecule has 0 spiro atoms. The average molecular weight is 346 g/mol. The van der Waals surface area contributed by atoms with Crippen LogP contribution < -0.4 is 5.73 Å². The Labute approximate surface area is 146 Å². The molecule has 2 N–H and O–H groups in total. The van der Waals surface area contributed by atoms with E-state index in [1.165, 1.54) is 0 Å². The van der Waals surface area contributed by atoms with Crippen LogP contribution in [0.5, 0.6) is 0 Å². The van der Waals surface area contributed by atoms with Crippen LogP contribution in [0.15, 0.2) is 0 Å². The maximum Gasteiger partial charge on any atom is 0.245 e. The van der Waals surface area contributed by atoms with Crippen molar-refractivity contribution < 1.29 is 9.59 Å². The summed E-state index contributed by atoms with van der Waals surface area (Å²) >= 11 is 0. The molecule has 0 aromatic carbocycles. The van der Waals surface area contributed by atoms with E-state index < -0.39 is 0 Å². The van der Waals surface area contributed by atoms with E-state index in [0.29, 0.717) is 12.3 Å². The zero-order chi connectivity index (χ0) is 16.1. The first-order chi connectivity index (χ1) is 10.5. The Morgan fingerprint density at radius 2 is 1.91 bits per heavy atom. The highest BCUT2D eigenvalue weighted by Gasteiger charge is 2.36. The molecule has 2 amide bonds. The average Bonchev–Trinajstić information content (AvgIpc) is 2.54. The van der Waals surface area contributed by atoms with Crippen LogP contribution in [0.2, 0.25) is 0 Å². The van der Waals surface area contributed by atoms with Crippen LogP contribution in [-0.4, -0.2) is 53.3 Å².